The first-order chi connectivity index (χ1) is 9.37. The maximum atomic E-state index is 12.5. The molecule has 0 aliphatic carbocycles. The highest BCUT2D eigenvalue weighted by Gasteiger charge is 2.39. The lowest BCUT2D eigenvalue weighted by molar-refractivity contribution is -0.122. The fourth-order valence-corrected chi connectivity index (χ4v) is 2.77. The van der Waals surface area contributed by atoms with Crippen molar-refractivity contribution in [2.45, 2.75) is 57.9 Å². The van der Waals surface area contributed by atoms with E-state index in [0.717, 1.165) is 31.5 Å². The second-order valence-electron chi connectivity index (χ2n) is 6.75. The van der Waals surface area contributed by atoms with E-state index in [9.17, 15) is 4.79 Å². The highest BCUT2D eigenvalue weighted by atomic mass is 16.2. The maximum Gasteiger partial charge on any atom is 0.244 e. The van der Waals surface area contributed by atoms with Gasteiger partial charge in [-0.25, -0.2) is 0 Å². The van der Waals surface area contributed by atoms with E-state index >= 15 is 0 Å². The molecule has 0 saturated carbocycles. The van der Waals surface area contributed by atoms with Crippen molar-refractivity contribution in [1.29, 1.82) is 0 Å². The Morgan fingerprint density at radius 2 is 1.95 bits per heavy atom. The zero-order chi connectivity index (χ0) is 14.8. The van der Waals surface area contributed by atoms with E-state index in [0.29, 0.717) is 0 Å². The Morgan fingerprint density at radius 3 is 2.40 bits per heavy atom. The van der Waals surface area contributed by atoms with E-state index in [1.807, 2.05) is 12.1 Å². The van der Waals surface area contributed by atoms with Crippen LogP contribution in [0.25, 0.3) is 0 Å². The van der Waals surface area contributed by atoms with Crippen molar-refractivity contribution < 1.29 is 4.79 Å². The molecule has 1 heterocycles. The summed E-state index contributed by atoms with van der Waals surface area (Å²) in [5, 5.41) is 6.42. The third-order valence-corrected chi connectivity index (χ3v) is 4.29. The molecule has 110 valence electrons. The van der Waals surface area contributed by atoms with Gasteiger partial charge < -0.3 is 10.6 Å². The van der Waals surface area contributed by atoms with Crippen LogP contribution in [0.1, 0.15) is 52.5 Å². The van der Waals surface area contributed by atoms with Crippen LogP contribution in [0, 0.1) is 0 Å². The van der Waals surface area contributed by atoms with Crippen LogP contribution in [0.15, 0.2) is 24.3 Å². The van der Waals surface area contributed by atoms with Gasteiger partial charge in [-0.1, -0.05) is 39.8 Å². The molecule has 0 radical (unpaired) electrons. The molecule has 0 spiro atoms. The summed E-state index contributed by atoms with van der Waals surface area (Å²) in [7, 11) is 0. The fourth-order valence-electron chi connectivity index (χ4n) is 2.77. The van der Waals surface area contributed by atoms with Crippen LogP contribution in [-0.2, 0) is 10.2 Å². The van der Waals surface area contributed by atoms with Crippen molar-refractivity contribution in [3.8, 4) is 0 Å². The molecule has 3 nitrogen and oxygen atoms in total. The molecule has 1 unspecified atom stereocenters. The highest BCUT2D eigenvalue weighted by molar-refractivity contribution is 5.98. The summed E-state index contributed by atoms with van der Waals surface area (Å²) >= 11 is 0. The molecular formula is C17H26N2O. The second kappa shape index (κ2) is 5.57. The molecule has 1 aromatic rings. The largest absolute Gasteiger partial charge is 0.324 e. The minimum absolute atomic E-state index is 0.0982. The van der Waals surface area contributed by atoms with E-state index in [4.69, 9.17) is 0 Å². The molecule has 1 atom stereocenters. The number of hydrogen-bond acceptors (Lipinski definition) is 2. The van der Waals surface area contributed by atoms with Gasteiger partial charge in [-0.15, -0.1) is 0 Å². The number of carbonyl (C=O) groups excluding carboxylic acids is 1. The van der Waals surface area contributed by atoms with E-state index < -0.39 is 0 Å². The average molecular weight is 274 g/mol. The van der Waals surface area contributed by atoms with Gasteiger partial charge in [-0.05, 0) is 48.9 Å². The first-order valence-electron chi connectivity index (χ1n) is 7.54. The number of carbonyl (C=O) groups is 1. The lowest BCUT2D eigenvalue weighted by Crippen LogP contribution is -2.50. The van der Waals surface area contributed by atoms with Crippen molar-refractivity contribution in [2.75, 3.05) is 11.9 Å². The standard InChI is InChI=1S/C17H26N2O/c1-5-17(11-6-12-18-17)15(20)19-14-9-7-13(8-10-14)16(2,3)4/h7-10,18H,5-6,11-12H2,1-4H3,(H,19,20). The Bertz CT molecular complexity index is 465. The van der Waals surface area contributed by atoms with E-state index in [-0.39, 0.29) is 16.9 Å². The van der Waals surface area contributed by atoms with Crippen LogP contribution >= 0.6 is 0 Å². The van der Waals surface area contributed by atoms with E-state index in [2.05, 4.69) is 50.5 Å². The predicted molar refractivity (Wildman–Crippen MR) is 84.0 cm³/mol. The van der Waals surface area contributed by atoms with Crippen molar-refractivity contribution in [3.05, 3.63) is 29.8 Å². The van der Waals surface area contributed by atoms with Crippen LogP contribution < -0.4 is 10.6 Å². The van der Waals surface area contributed by atoms with Crippen LogP contribution in [-0.4, -0.2) is 18.0 Å². The number of rotatable bonds is 3. The predicted octanol–water partition coefficient (Wildman–Crippen LogP) is 3.45. The zero-order valence-corrected chi connectivity index (χ0v) is 13.0. The Kier molecular flexibility index (Phi) is 4.19. The van der Waals surface area contributed by atoms with Crippen LogP contribution in [0.2, 0.25) is 0 Å². The molecule has 1 saturated heterocycles. The Labute approximate surface area is 122 Å². The highest BCUT2D eigenvalue weighted by Crippen LogP contribution is 2.26. The summed E-state index contributed by atoms with van der Waals surface area (Å²) < 4.78 is 0. The van der Waals surface area contributed by atoms with Gasteiger partial charge in [0.25, 0.3) is 0 Å². The number of anilines is 1. The average Bonchev–Trinajstić information content (AvgIpc) is 2.88. The summed E-state index contributed by atoms with van der Waals surface area (Å²) in [6, 6.07) is 8.18. The molecule has 1 fully saturated rings. The van der Waals surface area contributed by atoms with Crippen LogP contribution in [0.5, 0.6) is 0 Å². The molecule has 3 heteroatoms. The quantitative estimate of drug-likeness (QED) is 0.886. The summed E-state index contributed by atoms with van der Waals surface area (Å²) in [5.41, 5.74) is 1.92. The van der Waals surface area contributed by atoms with Gasteiger partial charge in [0.1, 0.15) is 0 Å². The molecule has 20 heavy (non-hydrogen) atoms. The molecular weight excluding hydrogens is 248 g/mol. The third-order valence-electron chi connectivity index (χ3n) is 4.29. The second-order valence-corrected chi connectivity index (χ2v) is 6.75. The van der Waals surface area contributed by atoms with Crippen molar-refractivity contribution in [3.63, 3.8) is 0 Å². The number of amides is 1. The Hall–Kier alpha value is -1.35. The topological polar surface area (TPSA) is 41.1 Å². The third kappa shape index (κ3) is 3.04. The van der Waals surface area contributed by atoms with Gasteiger partial charge in [0, 0.05) is 5.69 Å². The van der Waals surface area contributed by atoms with Gasteiger partial charge in [0.15, 0.2) is 0 Å². The molecule has 1 aromatic carbocycles. The summed E-state index contributed by atoms with van der Waals surface area (Å²) in [6.45, 7) is 9.57. The van der Waals surface area contributed by atoms with Crippen molar-refractivity contribution in [1.82, 2.24) is 5.32 Å². The van der Waals surface area contributed by atoms with E-state index in [1.165, 1.54) is 5.56 Å². The first-order valence-corrected chi connectivity index (χ1v) is 7.54. The van der Waals surface area contributed by atoms with Gasteiger partial charge in [-0.3, -0.25) is 4.79 Å². The van der Waals surface area contributed by atoms with Gasteiger partial charge >= 0.3 is 0 Å². The molecule has 1 aliphatic rings. The van der Waals surface area contributed by atoms with E-state index in [1.54, 1.807) is 0 Å². The SMILES string of the molecule is CCC1(C(=O)Nc2ccc(C(C)(C)C)cc2)CCCN1. The lowest BCUT2D eigenvalue weighted by Gasteiger charge is -2.27. The van der Waals surface area contributed by atoms with Crippen LogP contribution in [0.3, 0.4) is 0 Å². The molecule has 1 amide bonds. The minimum atomic E-state index is -0.372. The number of benzene rings is 1. The monoisotopic (exact) mass is 274 g/mol. The molecule has 1 aliphatic heterocycles. The van der Waals surface area contributed by atoms with Crippen molar-refractivity contribution >= 4 is 11.6 Å². The number of nitrogens with one attached hydrogen (secondary N) is 2. The Balaban J connectivity index is 2.08. The molecule has 2 N–H and O–H groups in total. The normalized spacial score (nSPS) is 22.8. The van der Waals surface area contributed by atoms with Crippen molar-refractivity contribution in [2.24, 2.45) is 0 Å². The maximum absolute atomic E-state index is 12.5. The Morgan fingerprint density at radius 1 is 1.30 bits per heavy atom. The summed E-state index contributed by atoms with van der Waals surface area (Å²) in [4.78, 5) is 12.5. The summed E-state index contributed by atoms with van der Waals surface area (Å²) in [5.74, 6) is 0.0982. The fraction of sp³-hybridized carbons (Fsp3) is 0.588. The first kappa shape index (κ1) is 15.0. The molecule has 0 bridgehead atoms. The van der Waals surface area contributed by atoms with Gasteiger partial charge in [0.2, 0.25) is 5.91 Å². The molecule has 0 aromatic heterocycles. The lowest BCUT2D eigenvalue weighted by atomic mass is 9.87. The van der Waals surface area contributed by atoms with Gasteiger partial charge in [-0.2, -0.15) is 0 Å². The molecule has 2 rings (SSSR count). The van der Waals surface area contributed by atoms with Crippen LogP contribution in [0.4, 0.5) is 5.69 Å². The zero-order valence-electron chi connectivity index (χ0n) is 13.0. The minimum Gasteiger partial charge on any atom is -0.324 e. The number of hydrogen-bond donors (Lipinski definition) is 2. The van der Waals surface area contributed by atoms with Gasteiger partial charge in [0.05, 0.1) is 5.54 Å². The smallest absolute Gasteiger partial charge is 0.244 e. The summed E-state index contributed by atoms with van der Waals surface area (Å²) in [6.07, 6.45) is 2.83.